The molecular formula is C13H10FN3O4S. The zero-order valence-electron chi connectivity index (χ0n) is 11.1. The van der Waals surface area contributed by atoms with E-state index < -0.39 is 15.8 Å². The molecule has 0 bridgehead atoms. The average molecular weight is 323 g/mol. The van der Waals surface area contributed by atoms with Gasteiger partial charge in [-0.1, -0.05) is 5.10 Å². The molecule has 1 saturated carbocycles. The second kappa shape index (κ2) is 4.54. The van der Waals surface area contributed by atoms with Crippen molar-refractivity contribution in [2.45, 2.75) is 23.7 Å². The van der Waals surface area contributed by atoms with Crippen LogP contribution in [0.25, 0.3) is 11.0 Å². The summed E-state index contributed by atoms with van der Waals surface area (Å²) in [4.78, 5) is -0.121. The van der Waals surface area contributed by atoms with Crippen LogP contribution in [-0.2, 0) is 10.0 Å². The highest BCUT2D eigenvalue weighted by Crippen LogP contribution is 2.39. The first-order chi connectivity index (χ1) is 10.5. The molecule has 1 aliphatic carbocycles. The first-order valence-corrected chi connectivity index (χ1v) is 8.05. The number of aromatic nitrogens is 2. The number of halogens is 1. The molecule has 22 heavy (non-hydrogen) atoms. The predicted octanol–water partition coefficient (Wildman–Crippen LogP) is 2.63. The van der Waals surface area contributed by atoms with E-state index in [2.05, 4.69) is 14.9 Å². The van der Waals surface area contributed by atoms with E-state index >= 15 is 0 Å². The summed E-state index contributed by atoms with van der Waals surface area (Å²) < 4.78 is 50.8. The minimum atomic E-state index is -3.99. The maximum absolute atomic E-state index is 13.6. The number of fused-ring (bicyclic) bond motifs is 1. The smallest absolute Gasteiger partial charge is 0.329 e. The van der Waals surface area contributed by atoms with Crippen LogP contribution in [0.1, 0.15) is 24.7 Å². The molecule has 0 amide bonds. The first-order valence-electron chi connectivity index (χ1n) is 6.56. The second-order valence-electron chi connectivity index (χ2n) is 5.03. The van der Waals surface area contributed by atoms with Crippen LogP contribution in [0.5, 0.6) is 0 Å². The highest BCUT2D eigenvalue weighted by atomic mass is 32.2. The summed E-state index contributed by atoms with van der Waals surface area (Å²) in [5, 5.41) is 7.62. The minimum Gasteiger partial charge on any atom is -0.461 e. The van der Waals surface area contributed by atoms with E-state index in [4.69, 9.17) is 8.83 Å². The number of rotatable bonds is 4. The van der Waals surface area contributed by atoms with Crippen molar-refractivity contribution in [3.8, 4) is 0 Å². The Balaban J connectivity index is 1.72. The maximum atomic E-state index is 13.6. The van der Waals surface area contributed by atoms with Crippen LogP contribution >= 0.6 is 0 Å². The fraction of sp³-hybridized carbons (Fsp3) is 0.231. The normalized spacial score (nSPS) is 15.3. The van der Waals surface area contributed by atoms with Gasteiger partial charge in [-0.3, -0.25) is 0 Å². The minimum absolute atomic E-state index is 0.118. The van der Waals surface area contributed by atoms with Gasteiger partial charge >= 0.3 is 6.01 Å². The van der Waals surface area contributed by atoms with E-state index in [1.165, 1.54) is 12.3 Å². The molecule has 2 aromatic heterocycles. The molecule has 2 heterocycles. The summed E-state index contributed by atoms with van der Waals surface area (Å²) in [6, 6.07) is 3.37. The van der Waals surface area contributed by atoms with E-state index in [1.54, 1.807) is 0 Å². The van der Waals surface area contributed by atoms with Gasteiger partial charge in [0.15, 0.2) is 11.4 Å². The summed E-state index contributed by atoms with van der Waals surface area (Å²) >= 11 is 0. The number of anilines is 1. The topological polar surface area (TPSA) is 98.2 Å². The first kappa shape index (κ1) is 13.3. The number of furan rings is 1. The molecule has 4 rings (SSSR count). The van der Waals surface area contributed by atoms with Gasteiger partial charge in [-0.2, -0.15) is 0 Å². The zero-order valence-corrected chi connectivity index (χ0v) is 11.9. The van der Waals surface area contributed by atoms with Gasteiger partial charge < -0.3 is 8.83 Å². The average Bonchev–Trinajstić information content (AvgIpc) is 3.01. The largest absolute Gasteiger partial charge is 0.461 e. The van der Waals surface area contributed by atoms with Crippen molar-refractivity contribution in [1.82, 2.24) is 10.2 Å². The summed E-state index contributed by atoms with van der Waals surface area (Å²) in [5.74, 6) is 0.00943. The molecule has 1 aliphatic rings. The third-order valence-corrected chi connectivity index (χ3v) is 4.79. The summed E-state index contributed by atoms with van der Waals surface area (Å²) in [6.45, 7) is 0. The fourth-order valence-corrected chi connectivity index (χ4v) is 3.30. The Morgan fingerprint density at radius 3 is 2.82 bits per heavy atom. The molecule has 7 nitrogen and oxygen atoms in total. The Bertz CT molecular complexity index is 959. The van der Waals surface area contributed by atoms with Crippen molar-refractivity contribution in [2.75, 3.05) is 4.72 Å². The van der Waals surface area contributed by atoms with Crippen molar-refractivity contribution in [3.05, 3.63) is 36.2 Å². The fourth-order valence-electron chi connectivity index (χ4n) is 2.18. The lowest BCUT2D eigenvalue weighted by Gasteiger charge is -2.05. The van der Waals surface area contributed by atoms with Crippen LogP contribution in [0.2, 0.25) is 0 Å². The Labute approximate surface area is 124 Å². The molecule has 0 aliphatic heterocycles. The number of hydrogen-bond donors (Lipinski definition) is 1. The molecule has 1 aromatic carbocycles. The van der Waals surface area contributed by atoms with E-state index in [0.717, 1.165) is 25.0 Å². The predicted molar refractivity (Wildman–Crippen MR) is 73.3 cm³/mol. The van der Waals surface area contributed by atoms with Crippen molar-refractivity contribution >= 4 is 27.0 Å². The lowest BCUT2D eigenvalue weighted by Crippen LogP contribution is -2.13. The van der Waals surface area contributed by atoms with Crippen LogP contribution in [0.3, 0.4) is 0 Å². The Morgan fingerprint density at radius 2 is 2.05 bits per heavy atom. The van der Waals surface area contributed by atoms with Crippen molar-refractivity contribution < 1.29 is 21.6 Å². The molecule has 0 saturated heterocycles. The maximum Gasteiger partial charge on any atom is 0.329 e. The molecular weight excluding hydrogens is 313 g/mol. The van der Waals surface area contributed by atoms with Gasteiger partial charge in [0.2, 0.25) is 5.89 Å². The van der Waals surface area contributed by atoms with E-state index in [0.29, 0.717) is 5.89 Å². The number of nitrogens with zero attached hydrogens (tertiary/aromatic N) is 2. The molecule has 114 valence electrons. The highest BCUT2D eigenvalue weighted by molar-refractivity contribution is 7.93. The van der Waals surface area contributed by atoms with Crippen LogP contribution in [0.4, 0.5) is 10.4 Å². The monoisotopic (exact) mass is 323 g/mol. The number of hydrogen-bond acceptors (Lipinski definition) is 6. The van der Waals surface area contributed by atoms with Gasteiger partial charge in [-0.25, -0.2) is 17.5 Å². The van der Waals surface area contributed by atoms with Gasteiger partial charge in [0.25, 0.3) is 10.0 Å². The highest BCUT2D eigenvalue weighted by Gasteiger charge is 2.30. The van der Waals surface area contributed by atoms with Gasteiger partial charge in [0, 0.05) is 11.3 Å². The molecule has 3 aromatic rings. The Morgan fingerprint density at radius 1 is 1.23 bits per heavy atom. The Hall–Kier alpha value is -2.42. The van der Waals surface area contributed by atoms with Crippen molar-refractivity contribution in [1.29, 1.82) is 0 Å². The van der Waals surface area contributed by atoms with Crippen molar-refractivity contribution in [3.63, 3.8) is 0 Å². The van der Waals surface area contributed by atoms with E-state index in [9.17, 15) is 12.8 Å². The lowest BCUT2D eigenvalue weighted by molar-refractivity contribution is 0.510. The van der Waals surface area contributed by atoms with Gasteiger partial charge in [-0.05, 0) is 31.0 Å². The standard InChI is InChI=1S/C13H10FN3O4S/c14-9-3-4-10(8-5-6-20-11(8)9)22(18,19)17-13-16-15-12(21-13)7-1-2-7/h3-7H,1-2H2,(H,16,17). The summed E-state index contributed by atoms with van der Waals surface area (Å²) in [7, 11) is -3.99. The number of sulfonamides is 1. The molecule has 0 spiro atoms. The molecule has 0 radical (unpaired) electrons. The van der Waals surface area contributed by atoms with Crippen LogP contribution in [0.15, 0.2) is 38.2 Å². The van der Waals surface area contributed by atoms with Crippen LogP contribution in [-0.4, -0.2) is 18.6 Å². The number of benzene rings is 1. The van der Waals surface area contributed by atoms with E-state index in [1.807, 2.05) is 0 Å². The molecule has 1 N–H and O–H groups in total. The SMILES string of the molecule is O=S(=O)(Nc1nnc(C2CC2)o1)c1ccc(F)c2occc12. The van der Waals surface area contributed by atoms with Crippen LogP contribution in [0, 0.1) is 5.82 Å². The third kappa shape index (κ3) is 2.13. The van der Waals surface area contributed by atoms with Gasteiger partial charge in [-0.15, -0.1) is 5.10 Å². The van der Waals surface area contributed by atoms with Gasteiger partial charge in [0.1, 0.15) is 0 Å². The van der Waals surface area contributed by atoms with Crippen LogP contribution < -0.4 is 4.72 Å². The molecule has 9 heteroatoms. The lowest BCUT2D eigenvalue weighted by atomic mass is 10.2. The summed E-state index contributed by atoms with van der Waals surface area (Å²) in [6.07, 6.45) is 3.15. The second-order valence-corrected chi connectivity index (χ2v) is 6.68. The number of nitrogens with one attached hydrogen (secondary N) is 1. The van der Waals surface area contributed by atoms with Crippen molar-refractivity contribution in [2.24, 2.45) is 0 Å². The molecule has 0 unspecified atom stereocenters. The Kier molecular flexibility index (Phi) is 2.73. The summed E-state index contributed by atoms with van der Waals surface area (Å²) in [5.41, 5.74) is -0.118. The molecule has 1 fully saturated rings. The molecule has 0 atom stereocenters. The van der Waals surface area contributed by atoms with E-state index in [-0.39, 0.29) is 27.8 Å². The quantitative estimate of drug-likeness (QED) is 0.792. The van der Waals surface area contributed by atoms with Gasteiger partial charge in [0.05, 0.1) is 11.2 Å². The third-order valence-electron chi connectivity index (χ3n) is 3.41. The zero-order chi connectivity index (χ0) is 15.3.